The van der Waals surface area contributed by atoms with E-state index < -0.39 is 0 Å². The van der Waals surface area contributed by atoms with Crippen LogP contribution >= 0.6 is 12.6 Å². The van der Waals surface area contributed by atoms with Gasteiger partial charge in [-0.3, -0.25) is 4.79 Å². The van der Waals surface area contributed by atoms with Gasteiger partial charge in [0.05, 0.1) is 0 Å². The topological polar surface area (TPSA) is 46.3 Å². The maximum atomic E-state index is 10.7. The number of amides is 1. The number of carbonyl (C=O) groups is 1. The summed E-state index contributed by atoms with van der Waals surface area (Å²) in [5, 5.41) is -0.166. The normalized spacial score (nSPS) is 32.9. The van der Waals surface area contributed by atoms with Crippen LogP contribution in [0.5, 0.6) is 0 Å². The molecule has 2 N–H and O–H groups in total. The fraction of sp³-hybridized carbons (Fsp3) is 0.833. The van der Waals surface area contributed by atoms with E-state index in [9.17, 15) is 4.79 Å². The molecule has 0 aromatic carbocycles. The van der Waals surface area contributed by atoms with Gasteiger partial charge in [-0.15, -0.1) is 0 Å². The molecule has 4 heteroatoms. The smallest absolute Gasteiger partial charge is 0.278 e. The van der Waals surface area contributed by atoms with Crippen molar-refractivity contribution in [1.82, 2.24) is 4.90 Å². The third-order valence-corrected chi connectivity index (χ3v) is 2.32. The lowest BCUT2D eigenvalue weighted by Gasteiger charge is -2.20. The zero-order valence-corrected chi connectivity index (χ0v) is 6.84. The van der Waals surface area contributed by atoms with Crippen molar-refractivity contribution < 1.29 is 4.79 Å². The van der Waals surface area contributed by atoms with Gasteiger partial charge in [0.15, 0.2) is 0 Å². The predicted molar refractivity (Wildman–Crippen MR) is 43.1 cm³/mol. The van der Waals surface area contributed by atoms with Crippen LogP contribution in [0.2, 0.25) is 0 Å². The van der Waals surface area contributed by atoms with Crippen LogP contribution in [-0.2, 0) is 0 Å². The first kappa shape index (κ1) is 7.88. The number of likely N-dealkylation sites (tertiary alicyclic amines) is 1. The Labute approximate surface area is 66.0 Å². The summed E-state index contributed by atoms with van der Waals surface area (Å²) in [5.41, 5.74) is 5.68. The van der Waals surface area contributed by atoms with Gasteiger partial charge in [0.1, 0.15) is 0 Å². The van der Waals surface area contributed by atoms with Crippen molar-refractivity contribution in [3.63, 3.8) is 0 Å². The molecule has 3 nitrogen and oxygen atoms in total. The van der Waals surface area contributed by atoms with Gasteiger partial charge in [0.2, 0.25) is 0 Å². The number of carbonyl (C=O) groups excluding carboxylic acids is 1. The minimum absolute atomic E-state index is 0.135. The van der Waals surface area contributed by atoms with Gasteiger partial charge in [-0.25, -0.2) is 0 Å². The van der Waals surface area contributed by atoms with E-state index in [1.54, 1.807) is 4.90 Å². The molecule has 10 heavy (non-hydrogen) atoms. The van der Waals surface area contributed by atoms with E-state index in [-0.39, 0.29) is 17.3 Å². The monoisotopic (exact) mass is 160 g/mol. The summed E-state index contributed by atoms with van der Waals surface area (Å²) in [6.07, 6.45) is 0.896. The van der Waals surface area contributed by atoms with Crippen LogP contribution in [-0.4, -0.2) is 28.8 Å². The van der Waals surface area contributed by atoms with Crippen LogP contribution in [0.3, 0.4) is 0 Å². The average molecular weight is 160 g/mol. The Hall–Kier alpha value is -0.220. The zero-order chi connectivity index (χ0) is 7.72. The summed E-state index contributed by atoms with van der Waals surface area (Å²) in [6.45, 7) is 2.70. The van der Waals surface area contributed by atoms with Crippen molar-refractivity contribution in [1.29, 1.82) is 0 Å². The first-order valence-corrected chi connectivity index (χ1v) is 3.83. The standard InChI is InChI=1S/C6H12N2OS/c1-4-5(7)2-3-8(4)6(9)10/h4-5H,2-3,7H2,1H3,(H,9,10). The van der Waals surface area contributed by atoms with E-state index in [1.807, 2.05) is 6.92 Å². The van der Waals surface area contributed by atoms with Gasteiger partial charge in [0, 0.05) is 18.6 Å². The molecule has 0 aromatic rings. The van der Waals surface area contributed by atoms with Gasteiger partial charge in [-0.05, 0) is 13.3 Å². The third-order valence-electron chi connectivity index (χ3n) is 2.06. The lowest BCUT2D eigenvalue weighted by atomic mass is 10.2. The summed E-state index contributed by atoms with van der Waals surface area (Å²) in [4.78, 5) is 12.4. The van der Waals surface area contributed by atoms with E-state index in [2.05, 4.69) is 12.6 Å². The van der Waals surface area contributed by atoms with Crippen molar-refractivity contribution >= 4 is 17.9 Å². The molecule has 1 heterocycles. The van der Waals surface area contributed by atoms with E-state index in [4.69, 9.17) is 5.73 Å². The highest BCUT2D eigenvalue weighted by Gasteiger charge is 2.29. The first-order valence-electron chi connectivity index (χ1n) is 3.38. The molecule has 2 atom stereocenters. The number of hydrogen-bond donors (Lipinski definition) is 2. The maximum absolute atomic E-state index is 10.7. The second kappa shape index (κ2) is 2.80. The lowest BCUT2D eigenvalue weighted by molar-refractivity contribution is 0.220. The first-order chi connectivity index (χ1) is 4.63. The molecule has 2 unspecified atom stereocenters. The largest absolute Gasteiger partial charge is 0.329 e. The van der Waals surface area contributed by atoms with Gasteiger partial charge in [-0.1, -0.05) is 12.6 Å². The maximum Gasteiger partial charge on any atom is 0.278 e. The molecule has 58 valence electrons. The Kier molecular flexibility index (Phi) is 2.21. The third kappa shape index (κ3) is 1.27. The average Bonchev–Trinajstić information content (AvgIpc) is 2.14. The number of nitrogens with zero attached hydrogens (tertiary/aromatic N) is 1. The van der Waals surface area contributed by atoms with Crippen LogP contribution in [0.25, 0.3) is 0 Å². The van der Waals surface area contributed by atoms with Crippen molar-refractivity contribution in [3.05, 3.63) is 0 Å². The Balaban J connectivity index is 2.57. The van der Waals surface area contributed by atoms with Crippen molar-refractivity contribution in [2.24, 2.45) is 5.73 Å². The molecule has 0 radical (unpaired) electrons. The number of thiol groups is 1. The highest BCUT2D eigenvalue weighted by atomic mass is 32.1. The minimum atomic E-state index is -0.166. The van der Waals surface area contributed by atoms with Gasteiger partial charge in [-0.2, -0.15) is 0 Å². The zero-order valence-electron chi connectivity index (χ0n) is 5.95. The van der Waals surface area contributed by atoms with Gasteiger partial charge < -0.3 is 10.6 Å². The molecular weight excluding hydrogens is 148 g/mol. The SMILES string of the molecule is CC1C(N)CCN1C(=O)S. The molecule has 1 rings (SSSR count). The molecule has 1 aliphatic rings. The van der Waals surface area contributed by atoms with Gasteiger partial charge >= 0.3 is 0 Å². The summed E-state index contributed by atoms with van der Waals surface area (Å²) < 4.78 is 0. The van der Waals surface area contributed by atoms with E-state index in [0.717, 1.165) is 13.0 Å². The molecule has 1 amide bonds. The van der Waals surface area contributed by atoms with Crippen LogP contribution in [0.1, 0.15) is 13.3 Å². The van der Waals surface area contributed by atoms with Gasteiger partial charge in [0.25, 0.3) is 5.24 Å². The molecule has 0 aromatic heterocycles. The molecule has 0 aliphatic carbocycles. The van der Waals surface area contributed by atoms with Crippen molar-refractivity contribution in [3.8, 4) is 0 Å². The highest BCUT2D eigenvalue weighted by Crippen LogP contribution is 2.16. The summed E-state index contributed by atoms with van der Waals surface area (Å²) in [7, 11) is 0. The van der Waals surface area contributed by atoms with Crippen LogP contribution in [0, 0.1) is 0 Å². The van der Waals surface area contributed by atoms with E-state index in [0.29, 0.717) is 0 Å². The van der Waals surface area contributed by atoms with Crippen LogP contribution in [0.15, 0.2) is 0 Å². The second-order valence-electron chi connectivity index (χ2n) is 2.67. The van der Waals surface area contributed by atoms with Crippen molar-refractivity contribution in [2.75, 3.05) is 6.54 Å². The number of nitrogens with two attached hydrogens (primary N) is 1. The Morgan fingerprint density at radius 1 is 1.80 bits per heavy atom. The highest BCUT2D eigenvalue weighted by molar-refractivity contribution is 7.96. The molecule has 1 aliphatic heterocycles. The quantitative estimate of drug-likeness (QED) is 0.506. The lowest BCUT2D eigenvalue weighted by Crippen LogP contribution is -2.37. The molecule has 0 spiro atoms. The Morgan fingerprint density at radius 3 is 2.60 bits per heavy atom. The Bertz CT molecular complexity index is 151. The Morgan fingerprint density at radius 2 is 2.40 bits per heavy atom. The van der Waals surface area contributed by atoms with Crippen LogP contribution in [0.4, 0.5) is 4.79 Å². The molecule has 1 fully saturated rings. The van der Waals surface area contributed by atoms with E-state index in [1.165, 1.54) is 0 Å². The summed E-state index contributed by atoms with van der Waals surface area (Å²) in [5.74, 6) is 0. The summed E-state index contributed by atoms with van der Waals surface area (Å²) in [6, 6.07) is 0.293. The second-order valence-corrected chi connectivity index (χ2v) is 3.05. The molecule has 0 bridgehead atoms. The van der Waals surface area contributed by atoms with Crippen molar-refractivity contribution in [2.45, 2.75) is 25.4 Å². The fourth-order valence-electron chi connectivity index (χ4n) is 1.23. The predicted octanol–water partition coefficient (Wildman–Crippen LogP) is 0.458. The van der Waals surface area contributed by atoms with Crippen LogP contribution < -0.4 is 5.73 Å². The number of hydrogen-bond acceptors (Lipinski definition) is 2. The number of rotatable bonds is 0. The fourth-order valence-corrected chi connectivity index (χ4v) is 1.52. The molecular formula is C6H12N2OS. The van der Waals surface area contributed by atoms with E-state index >= 15 is 0 Å². The molecule has 1 saturated heterocycles. The molecule has 0 saturated carbocycles. The summed E-state index contributed by atoms with van der Waals surface area (Å²) >= 11 is 3.72. The minimum Gasteiger partial charge on any atom is -0.329 e.